The predicted octanol–water partition coefficient (Wildman–Crippen LogP) is 1.85. The summed E-state index contributed by atoms with van der Waals surface area (Å²) >= 11 is 20.4. The van der Waals surface area contributed by atoms with Crippen molar-refractivity contribution in [1.29, 1.82) is 0 Å². The largest absolute Gasteiger partial charge is 0.552 e. The molecule has 0 aromatic carbocycles. The molecule has 0 rings (SSSR count). The van der Waals surface area contributed by atoms with Gasteiger partial charge in [-0.3, -0.25) is 0 Å². The summed E-state index contributed by atoms with van der Waals surface area (Å²) in [6.07, 6.45) is 0. The van der Waals surface area contributed by atoms with E-state index in [9.17, 15) is 0 Å². The maximum Gasteiger partial charge on any atom is 0.241 e. The third kappa shape index (κ3) is 5.86. The highest BCUT2D eigenvalue weighted by atomic mass is 35.6. The zero-order valence-electron chi connectivity index (χ0n) is 5.27. The fraction of sp³-hybridized carbons (Fsp3) is 0.750. The molecule has 0 atom stereocenters. The minimum absolute atomic E-state index is 0.606. The molecule has 0 saturated carbocycles. The average Bonchev–Trinajstić information content (AvgIpc) is 1.81. The molecule has 0 bridgehead atoms. The van der Waals surface area contributed by atoms with Gasteiger partial charge in [-0.25, -0.2) is 0 Å². The molecule has 0 spiro atoms. The minimum atomic E-state index is -1.31. The first kappa shape index (κ1) is 11.1. The lowest BCUT2D eigenvalue weighted by Crippen LogP contribution is -2.19. The van der Waals surface area contributed by atoms with Crippen LogP contribution in [0.2, 0.25) is 0 Å². The van der Waals surface area contributed by atoms with Gasteiger partial charge < -0.3 is 4.43 Å². The average molecular weight is 238 g/mol. The van der Waals surface area contributed by atoms with Gasteiger partial charge in [-0.2, -0.15) is 12.6 Å². The van der Waals surface area contributed by atoms with Crippen LogP contribution in [0, 0.1) is 0 Å². The molecule has 0 aliphatic heterocycles. The monoisotopic (exact) mass is 236 g/mol. The van der Waals surface area contributed by atoms with Crippen LogP contribution in [0.15, 0.2) is 0 Å². The van der Waals surface area contributed by atoms with Crippen LogP contribution < -0.4 is 0 Å². The number of thiol groups is 1. The summed E-state index contributed by atoms with van der Waals surface area (Å²) in [4.78, 5) is 0. The zero-order chi connectivity index (χ0) is 8.20. The van der Waals surface area contributed by atoms with Crippen molar-refractivity contribution in [2.45, 2.75) is 3.79 Å². The van der Waals surface area contributed by atoms with Crippen molar-refractivity contribution in [3.8, 4) is 0 Å². The molecule has 0 saturated heterocycles. The molecule has 0 aromatic rings. The number of hydrogen-bond donors (Lipinski definition) is 1. The Morgan fingerprint density at radius 2 is 2.10 bits per heavy atom. The second kappa shape index (κ2) is 4.88. The smallest absolute Gasteiger partial charge is 0.241 e. The summed E-state index contributed by atoms with van der Waals surface area (Å²) < 4.78 is 3.68. The molecule has 6 heteroatoms. The van der Waals surface area contributed by atoms with Gasteiger partial charge in [-0.15, -0.1) is 0 Å². The Balaban J connectivity index is 4.11. The standard InChI is InChI=1S/C4H7Cl3OSSi/c1-8-10(3-9)2-4(5,6)7/h2,9H,3H2,1H3. The van der Waals surface area contributed by atoms with Gasteiger partial charge >= 0.3 is 0 Å². The van der Waals surface area contributed by atoms with Crippen LogP contribution in [-0.2, 0) is 4.43 Å². The number of rotatable bonds is 2. The topological polar surface area (TPSA) is 9.23 Å². The highest BCUT2D eigenvalue weighted by molar-refractivity contribution is 7.81. The highest BCUT2D eigenvalue weighted by Crippen LogP contribution is 2.22. The van der Waals surface area contributed by atoms with Crippen LogP contribution in [0.5, 0.6) is 0 Å². The molecular formula is C4H7Cl3OSSi. The van der Waals surface area contributed by atoms with Crippen molar-refractivity contribution in [2.75, 3.05) is 12.5 Å². The molecule has 0 unspecified atom stereocenters. The lowest BCUT2D eigenvalue weighted by atomic mass is 10.9. The predicted molar refractivity (Wildman–Crippen MR) is 53.0 cm³/mol. The van der Waals surface area contributed by atoms with Gasteiger partial charge in [0.1, 0.15) is 0 Å². The van der Waals surface area contributed by atoms with Crippen molar-refractivity contribution < 1.29 is 4.43 Å². The van der Waals surface area contributed by atoms with Crippen LogP contribution >= 0.6 is 47.4 Å². The maximum absolute atomic E-state index is 5.47. The molecule has 0 heterocycles. The Morgan fingerprint density at radius 1 is 1.60 bits per heavy atom. The van der Waals surface area contributed by atoms with Crippen molar-refractivity contribution in [3.05, 3.63) is 0 Å². The Morgan fingerprint density at radius 3 is 2.20 bits per heavy atom. The van der Waals surface area contributed by atoms with Gasteiger partial charge in [0.2, 0.25) is 12.4 Å². The SMILES string of the molecule is CO[Si](=CC(Cl)(Cl)Cl)CS. The quantitative estimate of drug-likeness (QED) is 0.438. The number of halogens is 3. The summed E-state index contributed by atoms with van der Waals surface area (Å²) in [5.74, 6) is 0. The van der Waals surface area contributed by atoms with Crippen molar-refractivity contribution in [1.82, 2.24) is 0 Å². The Hall–Kier alpha value is 1.11. The second-order valence-corrected chi connectivity index (χ2v) is 6.78. The molecule has 10 heavy (non-hydrogen) atoms. The normalized spacial score (nSPS) is 13.5. The molecule has 0 aliphatic rings. The van der Waals surface area contributed by atoms with Crippen molar-refractivity contribution >= 4 is 61.8 Å². The summed E-state index contributed by atoms with van der Waals surface area (Å²) in [5, 5.41) is 0.606. The van der Waals surface area contributed by atoms with E-state index in [0.29, 0.717) is 5.38 Å². The van der Waals surface area contributed by atoms with E-state index in [2.05, 4.69) is 12.6 Å². The van der Waals surface area contributed by atoms with E-state index in [1.165, 1.54) is 0 Å². The third-order valence-corrected chi connectivity index (χ3v) is 4.15. The van der Waals surface area contributed by atoms with Gasteiger partial charge in [0, 0.05) is 5.38 Å². The number of hydrogen-bond acceptors (Lipinski definition) is 2. The first-order chi connectivity index (χ1) is 4.49. The van der Waals surface area contributed by atoms with Crippen LogP contribution in [0.4, 0.5) is 0 Å². The fourth-order valence-corrected chi connectivity index (χ4v) is 2.81. The molecule has 0 radical (unpaired) electrons. The lowest BCUT2D eigenvalue weighted by Gasteiger charge is -2.06. The number of alkyl halides is 3. The Bertz CT molecular complexity index is 127. The zero-order valence-corrected chi connectivity index (χ0v) is 9.44. The first-order valence-corrected chi connectivity index (χ1v) is 5.89. The molecular weight excluding hydrogens is 231 g/mol. The van der Waals surface area contributed by atoms with Crippen LogP contribution in [0.1, 0.15) is 0 Å². The van der Waals surface area contributed by atoms with Crippen LogP contribution in [0.3, 0.4) is 0 Å². The summed E-state index contributed by atoms with van der Waals surface area (Å²) in [7, 11) is 0.443. The molecule has 0 amide bonds. The van der Waals surface area contributed by atoms with E-state index < -0.39 is 12.4 Å². The van der Waals surface area contributed by atoms with Crippen molar-refractivity contribution in [3.63, 3.8) is 0 Å². The Labute approximate surface area is 82.4 Å². The lowest BCUT2D eigenvalue weighted by molar-refractivity contribution is 0.441. The summed E-state index contributed by atoms with van der Waals surface area (Å²) in [6, 6.07) is 0. The van der Waals surface area contributed by atoms with Gasteiger partial charge in [0.25, 0.3) is 0 Å². The van der Waals surface area contributed by atoms with Crippen LogP contribution in [0.25, 0.3) is 0 Å². The van der Waals surface area contributed by atoms with Gasteiger partial charge in [-0.1, -0.05) is 34.8 Å². The first-order valence-electron chi connectivity index (χ1n) is 2.43. The van der Waals surface area contributed by atoms with Gasteiger partial charge in [0.15, 0.2) is 0 Å². The molecule has 0 aromatic heterocycles. The second-order valence-electron chi connectivity index (χ2n) is 1.51. The van der Waals surface area contributed by atoms with Crippen molar-refractivity contribution in [2.24, 2.45) is 0 Å². The highest BCUT2D eigenvalue weighted by Gasteiger charge is 2.17. The summed E-state index contributed by atoms with van der Waals surface area (Å²) in [6.45, 7) is 0. The fourth-order valence-electron chi connectivity index (χ4n) is 0.352. The maximum atomic E-state index is 5.47. The van der Waals surface area contributed by atoms with Gasteiger partial charge in [0.05, 0.1) is 7.11 Å². The van der Waals surface area contributed by atoms with E-state index >= 15 is 0 Å². The van der Waals surface area contributed by atoms with E-state index in [4.69, 9.17) is 39.2 Å². The minimum Gasteiger partial charge on any atom is -0.552 e. The molecule has 1 nitrogen and oxygen atoms in total. The molecule has 0 fully saturated rings. The van der Waals surface area contributed by atoms with Gasteiger partial charge in [-0.05, 0) is 5.67 Å². The molecule has 0 N–H and O–H groups in total. The van der Waals surface area contributed by atoms with E-state index in [1.807, 2.05) is 0 Å². The van der Waals surface area contributed by atoms with Crippen LogP contribution in [-0.4, -0.2) is 30.6 Å². The van der Waals surface area contributed by atoms with E-state index in [0.717, 1.165) is 0 Å². The summed E-state index contributed by atoms with van der Waals surface area (Å²) in [5.41, 5.74) is 1.56. The third-order valence-electron chi connectivity index (χ3n) is 0.743. The Kier molecular flexibility index (Phi) is 5.42. The van der Waals surface area contributed by atoms with E-state index in [1.54, 1.807) is 12.8 Å². The van der Waals surface area contributed by atoms with E-state index in [-0.39, 0.29) is 0 Å². The molecule has 60 valence electrons. The molecule has 0 aliphatic carbocycles.